The molecule has 0 unspecified atom stereocenters. The Bertz CT molecular complexity index is 728. The van der Waals surface area contributed by atoms with E-state index in [-0.39, 0.29) is 12.2 Å². The summed E-state index contributed by atoms with van der Waals surface area (Å²) in [5, 5.41) is 3.58. The smallest absolute Gasteiger partial charge is 0.277 e. The van der Waals surface area contributed by atoms with Crippen LogP contribution in [0.5, 0.6) is 5.75 Å². The maximum Gasteiger partial charge on any atom is 0.277 e. The summed E-state index contributed by atoms with van der Waals surface area (Å²) in [4.78, 5) is 11.6. The normalized spacial score (nSPS) is 11.0. The van der Waals surface area contributed by atoms with Crippen LogP contribution >= 0.6 is 0 Å². The van der Waals surface area contributed by atoms with E-state index in [1.54, 1.807) is 12.1 Å². The second-order valence-electron chi connectivity index (χ2n) is 5.45. The molecule has 0 fully saturated rings. The zero-order chi connectivity index (χ0) is 17.5. The van der Waals surface area contributed by atoms with Crippen LogP contribution in [0, 0.1) is 11.6 Å². The van der Waals surface area contributed by atoms with E-state index < -0.39 is 17.5 Å². The van der Waals surface area contributed by atoms with Crippen LogP contribution in [0.2, 0.25) is 0 Å². The Morgan fingerprint density at radius 2 is 1.92 bits per heavy atom. The van der Waals surface area contributed by atoms with Gasteiger partial charge in [-0.25, -0.2) is 14.2 Å². The molecule has 2 aromatic carbocycles. The zero-order valence-electron chi connectivity index (χ0n) is 13.4. The van der Waals surface area contributed by atoms with Gasteiger partial charge in [-0.3, -0.25) is 4.79 Å². The highest BCUT2D eigenvalue weighted by atomic mass is 19.2. The van der Waals surface area contributed by atoms with Gasteiger partial charge in [0.15, 0.2) is 18.2 Å². The van der Waals surface area contributed by atoms with Crippen LogP contribution < -0.4 is 10.2 Å². The van der Waals surface area contributed by atoms with Gasteiger partial charge >= 0.3 is 0 Å². The summed E-state index contributed by atoms with van der Waals surface area (Å²) in [5.41, 5.74) is 3.31. The molecule has 4 nitrogen and oxygen atoms in total. The predicted molar refractivity (Wildman–Crippen MR) is 88.1 cm³/mol. The lowest BCUT2D eigenvalue weighted by Gasteiger charge is -2.08. The number of hydrogen-bond acceptors (Lipinski definition) is 3. The van der Waals surface area contributed by atoms with Crippen molar-refractivity contribution in [2.24, 2.45) is 5.10 Å². The number of rotatable bonds is 6. The lowest BCUT2D eigenvalue weighted by molar-refractivity contribution is -0.123. The molecule has 2 rings (SSSR count). The van der Waals surface area contributed by atoms with E-state index in [0.29, 0.717) is 11.7 Å². The Balaban J connectivity index is 1.83. The molecular weight excluding hydrogens is 314 g/mol. The third kappa shape index (κ3) is 4.87. The lowest BCUT2D eigenvalue weighted by Crippen LogP contribution is -2.24. The molecule has 6 heteroatoms. The molecule has 2 aromatic rings. The van der Waals surface area contributed by atoms with Gasteiger partial charge in [0.25, 0.3) is 5.91 Å². The minimum absolute atomic E-state index is 0.0551. The molecule has 0 bridgehead atoms. The molecule has 0 saturated carbocycles. The molecule has 1 N–H and O–H groups in total. The predicted octanol–water partition coefficient (Wildman–Crippen LogP) is 3.62. The Morgan fingerprint density at radius 3 is 2.58 bits per heavy atom. The molecule has 0 aliphatic heterocycles. The van der Waals surface area contributed by atoms with Crippen LogP contribution in [0.15, 0.2) is 47.6 Å². The van der Waals surface area contributed by atoms with Crippen LogP contribution in [0.1, 0.15) is 30.9 Å². The molecule has 0 aliphatic rings. The van der Waals surface area contributed by atoms with E-state index in [2.05, 4.69) is 24.4 Å². The molecule has 0 aromatic heterocycles. The van der Waals surface area contributed by atoms with Crippen molar-refractivity contribution in [3.8, 4) is 5.75 Å². The molecule has 0 atom stereocenters. The van der Waals surface area contributed by atoms with Crippen molar-refractivity contribution in [3.63, 3.8) is 0 Å². The number of ether oxygens (including phenoxy) is 1. The van der Waals surface area contributed by atoms with Crippen molar-refractivity contribution >= 4 is 12.1 Å². The number of amides is 1. The summed E-state index contributed by atoms with van der Waals surface area (Å²) >= 11 is 0. The van der Waals surface area contributed by atoms with Crippen molar-refractivity contribution in [2.75, 3.05) is 6.61 Å². The first kappa shape index (κ1) is 17.6. The minimum atomic E-state index is -1.02. The third-order valence-electron chi connectivity index (χ3n) is 3.29. The van der Waals surface area contributed by atoms with Gasteiger partial charge in [0, 0.05) is 5.56 Å². The number of nitrogens with zero attached hydrogens (tertiary/aromatic N) is 1. The SMILES string of the molecule is CC(C)c1ccc(OCC(=O)N/N=C/c2cccc(F)c2F)cc1. The first-order valence-electron chi connectivity index (χ1n) is 7.46. The van der Waals surface area contributed by atoms with Gasteiger partial charge in [0.2, 0.25) is 0 Å². The monoisotopic (exact) mass is 332 g/mol. The molecule has 0 spiro atoms. The molecule has 0 radical (unpaired) electrons. The summed E-state index contributed by atoms with van der Waals surface area (Å²) in [5.74, 6) is -1.51. The summed E-state index contributed by atoms with van der Waals surface area (Å²) < 4.78 is 31.7. The average molecular weight is 332 g/mol. The van der Waals surface area contributed by atoms with Gasteiger partial charge in [0.05, 0.1) is 6.21 Å². The number of carbonyl (C=O) groups is 1. The van der Waals surface area contributed by atoms with Crippen molar-refractivity contribution in [2.45, 2.75) is 19.8 Å². The summed E-state index contributed by atoms with van der Waals surface area (Å²) in [6.07, 6.45) is 1.04. The molecule has 126 valence electrons. The average Bonchev–Trinajstić information content (AvgIpc) is 2.57. The molecule has 0 saturated heterocycles. The number of carbonyl (C=O) groups excluding carboxylic acids is 1. The number of halogens is 2. The summed E-state index contributed by atoms with van der Waals surface area (Å²) in [7, 11) is 0. The van der Waals surface area contributed by atoms with E-state index in [4.69, 9.17) is 4.74 Å². The fourth-order valence-corrected chi connectivity index (χ4v) is 1.92. The zero-order valence-corrected chi connectivity index (χ0v) is 13.4. The van der Waals surface area contributed by atoms with Gasteiger partial charge in [0.1, 0.15) is 5.75 Å². The Labute approximate surface area is 139 Å². The Morgan fingerprint density at radius 1 is 1.21 bits per heavy atom. The second kappa shape index (κ2) is 8.19. The number of hydrazone groups is 1. The summed E-state index contributed by atoms with van der Waals surface area (Å²) in [6, 6.07) is 11.1. The van der Waals surface area contributed by atoms with Crippen molar-refractivity contribution in [3.05, 3.63) is 65.2 Å². The van der Waals surface area contributed by atoms with E-state index in [1.807, 2.05) is 12.1 Å². The quantitative estimate of drug-likeness (QED) is 0.649. The maximum absolute atomic E-state index is 13.4. The van der Waals surface area contributed by atoms with E-state index >= 15 is 0 Å². The van der Waals surface area contributed by atoms with Crippen LogP contribution in [-0.2, 0) is 4.79 Å². The maximum atomic E-state index is 13.4. The van der Waals surface area contributed by atoms with Crippen LogP contribution in [-0.4, -0.2) is 18.7 Å². The molecule has 24 heavy (non-hydrogen) atoms. The minimum Gasteiger partial charge on any atom is -0.484 e. The molecular formula is C18H18F2N2O2. The van der Waals surface area contributed by atoms with Gasteiger partial charge in [-0.15, -0.1) is 0 Å². The van der Waals surface area contributed by atoms with Gasteiger partial charge in [-0.05, 0) is 29.7 Å². The largest absolute Gasteiger partial charge is 0.484 e. The van der Waals surface area contributed by atoms with Gasteiger partial charge in [-0.2, -0.15) is 5.10 Å². The molecule has 0 heterocycles. The fourth-order valence-electron chi connectivity index (χ4n) is 1.92. The Kier molecular flexibility index (Phi) is 6.01. The van der Waals surface area contributed by atoms with Crippen LogP contribution in [0.3, 0.4) is 0 Å². The number of nitrogens with one attached hydrogen (secondary N) is 1. The molecule has 0 aliphatic carbocycles. The van der Waals surface area contributed by atoms with Gasteiger partial charge in [-0.1, -0.05) is 38.1 Å². The molecule has 1 amide bonds. The highest BCUT2D eigenvalue weighted by molar-refractivity contribution is 5.83. The standard InChI is InChI=1S/C18H18F2N2O2/c1-12(2)13-6-8-15(9-7-13)24-11-17(23)22-21-10-14-4-3-5-16(19)18(14)20/h3-10,12H,11H2,1-2H3,(H,22,23)/b21-10+. The van der Waals surface area contributed by atoms with Crippen LogP contribution in [0.4, 0.5) is 8.78 Å². The fraction of sp³-hybridized carbons (Fsp3) is 0.222. The van der Waals surface area contributed by atoms with E-state index in [9.17, 15) is 13.6 Å². The number of benzene rings is 2. The second-order valence-corrected chi connectivity index (χ2v) is 5.45. The number of hydrogen-bond donors (Lipinski definition) is 1. The summed E-state index contributed by atoms with van der Waals surface area (Å²) in [6.45, 7) is 3.94. The van der Waals surface area contributed by atoms with Crippen molar-refractivity contribution in [1.82, 2.24) is 5.43 Å². The highest BCUT2D eigenvalue weighted by Gasteiger charge is 2.06. The topological polar surface area (TPSA) is 50.7 Å². The van der Waals surface area contributed by atoms with E-state index in [0.717, 1.165) is 12.3 Å². The third-order valence-corrected chi connectivity index (χ3v) is 3.29. The Hall–Kier alpha value is -2.76. The van der Waals surface area contributed by atoms with E-state index in [1.165, 1.54) is 17.7 Å². The highest BCUT2D eigenvalue weighted by Crippen LogP contribution is 2.18. The van der Waals surface area contributed by atoms with Crippen molar-refractivity contribution < 1.29 is 18.3 Å². The van der Waals surface area contributed by atoms with Crippen molar-refractivity contribution in [1.29, 1.82) is 0 Å². The first-order chi connectivity index (χ1) is 11.5. The van der Waals surface area contributed by atoms with Gasteiger partial charge < -0.3 is 4.74 Å². The lowest BCUT2D eigenvalue weighted by atomic mass is 10.0. The van der Waals surface area contributed by atoms with Crippen LogP contribution in [0.25, 0.3) is 0 Å². The first-order valence-corrected chi connectivity index (χ1v) is 7.46.